The standard InChI is InChI=1S/C17H23BrN2O4/c1-17(16(22)19-8-9-23-2)7-6-15(21)20(17)11-12-10-13(18)4-5-14(12)24-3/h4-5,10H,6-9,11H2,1-3H3,(H,19,22)/t17-/m0/s1. The van der Waals surface area contributed by atoms with Crippen LogP contribution in [0.5, 0.6) is 5.75 Å². The number of methoxy groups -OCH3 is 2. The normalized spacial score (nSPS) is 20.3. The topological polar surface area (TPSA) is 67.9 Å². The smallest absolute Gasteiger partial charge is 0.245 e. The Labute approximate surface area is 150 Å². The lowest BCUT2D eigenvalue weighted by Crippen LogP contribution is -2.54. The molecule has 1 N–H and O–H groups in total. The zero-order chi connectivity index (χ0) is 17.7. The van der Waals surface area contributed by atoms with Crippen LogP contribution in [0.3, 0.4) is 0 Å². The molecule has 0 unspecified atom stereocenters. The van der Waals surface area contributed by atoms with Gasteiger partial charge >= 0.3 is 0 Å². The van der Waals surface area contributed by atoms with Crippen LogP contribution >= 0.6 is 15.9 Å². The number of likely N-dealkylation sites (tertiary alicyclic amines) is 1. The Balaban J connectivity index is 2.21. The molecule has 2 rings (SSSR count). The molecule has 1 aliphatic heterocycles. The number of hydrogen-bond acceptors (Lipinski definition) is 4. The maximum absolute atomic E-state index is 12.6. The number of ether oxygens (including phenoxy) is 2. The molecule has 1 aromatic rings. The molecule has 1 aromatic carbocycles. The highest BCUT2D eigenvalue weighted by Crippen LogP contribution is 2.34. The summed E-state index contributed by atoms with van der Waals surface area (Å²) in [6.07, 6.45) is 0.867. The van der Waals surface area contributed by atoms with E-state index in [4.69, 9.17) is 9.47 Å². The SMILES string of the molecule is COCCNC(=O)[C@]1(C)CCC(=O)N1Cc1cc(Br)ccc1OC. The first-order valence-electron chi connectivity index (χ1n) is 7.82. The van der Waals surface area contributed by atoms with E-state index < -0.39 is 5.54 Å². The summed E-state index contributed by atoms with van der Waals surface area (Å²) in [5.41, 5.74) is -0.00364. The van der Waals surface area contributed by atoms with Crippen molar-refractivity contribution < 1.29 is 19.1 Å². The van der Waals surface area contributed by atoms with Gasteiger partial charge in [-0.05, 0) is 31.5 Å². The van der Waals surface area contributed by atoms with Gasteiger partial charge in [0.25, 0.3) is 0 Å². The highest BCUT2D eigenvalue weighted by Gasteiger charge is 2.47. The molecular weight excluding hydrogens is 376 g/mol. The van der Waals surface area contributed by atoms with E-state index in [0.717, 1.165) is 10.0 Å². The van der Waals surface area contributed by atoms with E-state index in [1.54, 1.807) is 19.1 Å². The molecule has 7 heteroatoms. The number of nitrogens with zero attached hydrogens (tertiary/aromatic N) is 1. The van der Waals surface area contributed by atoms with Crippen molar-refractivity contribution in [3.8, 4) is 5.75 Å². The number of hydrogen-bond donors (Lipinski definition) is 1. The molecule has 0 spiro atoms. The predicted octanol–water partition coefficient (Wildman–Crippen LogP) is 2.10. The Morgan fingerprint density at radius 3 is 2.83 bits per heavy atom. The van der Waals surface area contributed by atoms with Crippen LogP contribution in [0, 0.1) is 0 Å². The van der Waals surface area contributed by atoms with E-state index in [1.165, 1.54) is 0 Å². The molecule has 1 aliphatic rings. The van der Waals surface area contributed by atoms with Gasteiger partial charge in [0, 0.05) is 30.1 Å². The minimum absolute atomic E-state index is 0.0265. The molecule has 0 aromatic heterocycles. The second kappa shape index (κ2) is 7.98. The van der Waals surface area contributed by atoms with Gasteiger partial charge in [0.1, 0.15) is 11.3 Å². The van der Waals surface area contributed by atoms with Crippen molar-refractivity contribution in [2.24, 2.45) is 0 Å². The second-order valence-electron chi connectivity index (χ2n) is 5.96. The van der Waals surface area contributed by atoms with Crippen molar-refractivity contribution in [2.45, 2.75) is 31.8 Å². The van der Waals surface area contributed by atoms with Gasteiger partial charge in [0.2, 0.25) is 11.8 Å². The fourth-order valence-electron chi connectivity index (χ4n) is 2.89. The first-order valence-corrected chi connectivity index (χ1v) is 8.62. The molecule has 0 bridgehead atoms. The Morgan fingerprint density at radius 1 is 1.42 bits per heavy atom. The summed E-state index contributed by atoms with van der Waals surface area (Å²) in [5, 5.41) is 2.84. The Bertz CT molecular complexity index is 623. The minimum atomic E-state index is -0.863. The van der Waals surface area contributed by atoms with Gasteiger partial charge in [-0.1, -0.05) is 15.9 Å². The first kappa shape index (κ1) is 18.7. The van der Waals surface area contributed by atoms with Crippen LogP contribution in [0.4, 0.5) is 0 Å². The summed E-state index contributed by atoms with van der Waals surface area (Å²) in [5.74, 6) is 0.515. The van der Waals surface area contributed by atoms with E-state index in [2.05, 4.69) is 21.2 Å². The number of amides is 2. The quantitative estimate of drug-likeness (QED) is 0.714. The van der Waals surface area contributed by atoms with Gasteiger partial charge in [-0.25, -0.2) is 0 Å². The minimum Gasteiger partial charge on any atom is -0.496 e. The van der Waals surface area contributed by atoms with Crippen LogP contribution in [-0.4, -0.2) is 49.6 Å². The Morgan fingerprint density at radius 2 is 2.17 bits per heavy atom. The van der Waals surface area contributed by atoms with Gasteiger partial charge < -0.3 is 19.7 Å². The lowest BCUT2D eigenvalue weighted by Gasteiger charge is -2.34. The van der Waals surface area contributed by atoms with Crippen molar-refractivity contribution in [3.05, 3.63) is 28.2 Å². The number of benzene rings is 1. The van der Waals surface area contributed by atoms with Gasteiger partial charge in [-0.2, -0.15) is 0 Å². The number of carbonyl (C=O) groups is 2. The summed E-state index contributed by atoms with van der Waals surface area (Å²) in [6.45, 7) is 3.00. The molecule has 0 saturated carbocycles. The van der Waals surface area contributed by atoms with Crippen molar-refractivity contribution in [2.75, 3.05) is 27.4 Å². The number of nitrogens with one attached hydrogen (secondary N) is 1. The van der Waals surface area contributed by atoms with E-state index in [-0.39, 0.29) is 11.8 Å². The van der Waals surface area contributed by atoms with Gasteiger partial charge in [-0.15, -0.1) is 0 Å². The fraction of sp³-hybridized carbons (Fsp3) is 0.529. The van der Waals surface area contributed by atoms with Crippen LogP contribution in [-0.2, 0) is 20.9 Å². The average molecular weight is 399 g/mol. The molecule has 6 nitrogen and oxygen atoms in total. The highest BCUT2D eigenvalue weighted by molar-refractivity contribution is 9.10. The Hall–Kier alpha value is -1.60. The van der Waals surface area contributed by atoms with E-state index in [9.17, 15) is 9.59 Å². The lowest BCUT2D eigenvalue weighted by molar-refractivity contribution is -0.141. The molecule has 0 radical (unpaired) electrons. The largest absolute Gasteiger partial charge is 0.496 e. The third kappa shape index (κ3) is 3.89. The maximum Gasteiger partial charge on any atom is 0.245 e. The van der Waals surface area contributed by atoms with Crippen LogP contribution < -0.4 is 10.1 Å². The van der Waals surface area contributed by atoms with Crippen LogP contribution in [0.15, 0.2) is 22.7 Å². The average Bonchev–Trinajstić information content (AvgIpc) is 2.85. The summed E-state index contributed by atoms with van der Waals surface area (Å²) in [6, 6.07) is 5.63. The molecule has 1 atom stereocenters. The van der Waals surface area contributed by atoms with Crippen molar-refractivity contribution in [1.29, 1.82) is 0 Å². The molecular formula is C17H23BrN2O4. The van der Waals surface area contributed by atoms with Crippen molar-refractivity contribution >= 4 is 27.7 Å². The molecule has 132 valence electrons. The molecule has 0 aliphatic carbocycles. The molecule has 24 heavy (non-hydrogen) atoms. The fourth-order valence-corrected chi connectivity index (χ4v) is 3.30. The van der Waals surface area contributed by atoms with Crippen LogP contribution in [0.25, 0.3) is 0 Å². The third-order valence-electron chi connectivity index (χ3n) is 4.37. The summed E-state index contributed by atoms with van der Waals surface area (Å²) >= 11 is 3.44. The van der Waals surface area contributed by atoms with E-state index >= 15 is 0 Å². The van der Waals surface area contributed by atoms with Gasteiger partial charge in [0.05, 0.1) is 20.3 Å². The van der Waals surface area contributed by atoms with Crippen LogP contribution in [0.1, 0.15) is 25.3 Å². The highest BCUT2D eigenvalue weighted by atomic mass is 79.9. The maximum atomic E-state index is 12.6. The number of rotatable bonds is 7. The Kier molecular flexibility index (Phi) is 6.23. The lowest BCUT2D eigenvalue weighted by atomic mass is 9.97. The monoisotopic (exact) mass is 398 g/mol. The third-order valence-corrected chi connectivity index (χ3v) is 4.87. The zero-order valence-electron chi connectivity index (χ0n) is 14.2. The molecule has 2 amide bonds. The first-order chi connectivity index (χ1) is 11.4. The zero-order valence-corrected chi connectivity index (χ0v) is 15.8. The molecule has 1 saturated heterocycles. The molecule has 1 fully saturated rings. The van der Waals surface area contributed by atoms with Gasteiger partial charge in [-0.3, -0.25) is 9.59 Å². The summed E-state index contributed by atoms with van der Waals surface area (Å²) < 4.78 is 11.2. The summed E-state index contributed by atoms with van der Waals surface area (Å²) in [4.78, 5) is 26.6. The van der Waals surface area contributed by atoms with Crippen LogP contribution in [0.2, 0.25) is 0 Å². The second-order valence-corrected chi connectivity index (χ2v) is 6.87. The summed E-state index contributed by atoms with van der Waals surface area (Å²) in [7, 11) is 3.17. The predicted molar refractivity (Wildman–Crippen MR) is 93.8 cm³/mol. The number of carbonyl (C=O) groups excluding carboxylic acids is 2. The van der Waals surface area contributed by atoms with Crippen molar-refractivity contribution in [1.82, 2.24) is 10.2 Å². The van der Waals surface area contributed by atoms with E-state index in [0.29, 0.717) is 38.3 Å². The molecule has 1 heterocycles. The number of halogens is 1. The van der Waals surface area contributed by atoms with Crippen molar-refractivity contribution in [3.63, 3.8) is 0 Å². The van der Waals surface area contributed by atoms with E-state index in [1.807, 2.05) is 25.1 Å². The van der Waals surface area contributed by atoms with Gasteiger partial charge in [0.15, 0.2) is 0 Å².